The summed E-state index contributed by atoms with van der Waals surface area (Å²) in [5.41, 5.74) is 0.609. The largest absolute Gasteiger partial charge is 0.317 e. The third-order valence-corrected chi connectivity index (χ3v) is 3.32. The van der Waals surface area contributed by atoms with E-state index in [4.69, 9.17) is 0 Å². The van der Waals surface area contributed by atoms with Crippen LogP contribution in [0.5, 0.6) is 0 Å². The number of hydrogen-bond acceptors (Lipinski definition) is 2. The molecule has 0 aromatic heterocycles. The van der Waals surface area contributed by atoms with Gasteiger partial charge in [-0.15, -0.1) is 0 Å². The summed E-state index contributed by atoms with van der Waals surface area (Å²) in [5.74, 6) is 0. The van der Waals surface area contributed by atoms with E-state index in [0.717, 1.165) is 13.1 Å². The summed E-state index contributed by atoms with van der Waals surface area (Å²) in [5, 5.41) is 6.93. The topological polar surface area (TPSA) is 24.1 Å². The quantitative estimate of drug-likeness (QED) is 0.613. The van der Waals surface area contributed by atoms with Crippen molar-refractivity contribution in [3.63, 3.8) is 0 Å². The molecule has 84 valence electrons. The van der Waals surface area contributed by atoms with Gasteiger partial charge in [-0.1, -0.05) is 26.7 Å². The van der Waals surface area contributed by atoms with Gasteiger partial charge in [0.25, 0.3) is 0 Å². The zero-order valence-electron chi connectivity index (χ0n) is 9.86. The molecule has 1 aliphatic carbocycles. The minimum Gasteiger partial charge on any atom is -0.317 e. The van der Waals surface area contributed by atoms with Gasteiger partial charge < -0.3 is 10.6 Å². The van der Waals surface area contributed by atoms with E-state index >= 15 is 0 Å². The van der Waals surface area contributed by atoms with Crippen molar-refractivity contribution in [3.8, 4) is 0 Å². The number of rotatable bonds is 7. The van der Waals surface area contributed by atoms with Crippen molar-refractivity contribution < 1.29 is 0 Å². The Hall–Kier alpha value is -0.0800. The van der Waals surface area contributed by atoms with E-state index in [2.05, 4.69) is 24.5 Å². The van der Waals surface area contributed by atoms with Crippen molar-refractivity contribution in [2.24, 2.45) is 5.41 Å². The van der Waals surface area contributed by atoms with Crippen LogP contribution in [0.4, 0.5) is 0 Å². The maximum absolute atomic E-state index is 3.59. The van der Waals surface area contributed by atoms with Gasteiger partial charge in [0.15, 0.2) is 0 Å². The third-order valence-electron chi connectivity index (χ3n) is 3.32. The summed E-state index contributed by atoms with van der Waals surface area (Å²) in [4.78, 5) is 0. The molecule has 0 aromatic carbocycles. The first kappa shape index (κ1) is 12.0. The summed E-state index contributed by atoms with van der Waals surface area (Å²) < 4.78 is 0. The van der Waals surface area contributed by atoms with Crippen LogP contribution in [-0.4, -0.2) is 26.2 Å². The predicted molar refractivity (Wildman–Crippen MR) is 62.6 cm³/mol. The van der Waals surface area contributed by atoms with Crippen LogP contribution in [0.3, 0.4) is 0 Å². The molecular weight excluding hydrogens is 172 g/mol. The van der Waals surface area contributed by atoms with Crippen LogP contribution in [-0.2, 0) is 0 Å². The average Bonchev–Trinajstić information content (AvgIpc) is 2.59. The van der Waals surface area contributed by atoms with Gasteiger partial charge in [0.2, 0.25) is 0 Å². The third kappa shape index (κ3) is 4.43. The maximum atomic E-state index is 3.59. The first-order chi connectivity index (χ1) is 6.77. The average molecular weight is 198 g/mol. The maximum Gasteiger partial charge on any atom is 0.000517 e. The van der Waals surface area contributed by atoms with Crippen LogP contribution >= 0.6 is 0 Å². The van der Waals surface area contributed by atoms with Crippen molar-refractivity contribution in [1.29, 1.82) is 0 Å². The number of hydrogen-bond donors (Lipinski definition) is 2. The molecule has 0 atom stereocenters. The second-order valence-electron chi connectivity index (χ2n) is 4.90. The predicted octanol–water partition coefficient (Wildman–Crippen LogP) is 2.16. The van der Waals surface area contributed by atoms with Crippen molar-refractivity contribution >= 4 is 0 Å². The molecule has 1 saturated carbocycles. The molecule has 0 aromatic rings. The minimum atomic E-state index is 0.609. The molecule has 0 radical (unpaired) electrons. The normalized spacial score (nSPS) is 20.1. The lowest BCUT2D eigenvalue weighted by molar-refractivity contribution is 0.315. The fourth-order valence-corrected chi connectivity index (χ4v) is 2.31. The lowest BCUT2D eigenvalue weighted by Gasteiger charge is -2.23. The van der Waals surface area contributed by atoms with Gasteiger partial charge in [-0.05, 0) is 44.3 Å². The molecular formula is C12H26N2. The van der Waals surface area contributed by atoms with E-state index in [1.165, 1.54) is 45.2 Å². The molecule has 0 amide bonds. The molecule has 0 spiro atoms. The highest BCUT2D eigenvalue weighted by Gasteiger charge is 2.27. The minimum absolute atomic E-state index is 0.609. The Morgan fingerprint density at radius 3 is 2.36 bits per heavy atom. The molecule has 1 fully saturated rings. The van der Waals surface area contributed by atoms with Crippen molar-refractivity contribution in [2.45, 2.75) is 46.0 Å². The molecule has 2 N–H and O–H groups in total. The highest BCUT2D eigenvalue weighted by Crippen LogP contribution is 2.36. The molecule has 1 rings (SSSR count). The van der Waals surface area contributed by atoms with E-state index in [-0.39, 0.29) is 0 Å². The Morgan fingerprint density at radius 1 is 1.07 bits per heavy atom. The smallest absolute Gasteiger partial charge is 0.000517 e. The molecule has 14 heavy (non-hydrogen) atoms. The highest BCUT2D eigenvalue weighted by molar-refractivity contribution is 4.82. The fourth-order valence-electron chi connectivity index (χ4n) is 2.31. The van der Waals surface area contributed by atoms with Crippen molar-refractivity contribution in [1.82, 2.24) is 10.6 Å². The summed E-state index contributed by atoms with van der Waals surface area (Å²) in [6, 6.07) is 0. The lowest BCUT2D eigenvalue weighted by Crippen LogP contribution is -2.31. The van der Waals surface area contributed by atoms with Gasteiger partial charge in [0.1, 0.15) is 0 Å². The number of nitrogens with one attached hydrogen (secondary N) is 2. The molecule has 0 bridgehead atoms. The van der Waals surface area contributed by atoms with Crippen LogP contribution in [0, 0.1) is 5.41 Å². The van der Waals surface area contributed by atoms with E-state index in [1.807, 2.05) is 0 Å². The Labute approximate surface area is 88.8 Å². The van der Waals surface area contributed by atoms with Gasteiger partial charge in [-0.25, -0.2) is 0 Å². The van der Waals surface area contributed by atoms with Gasteiger partial charge >= 0.3 is 0 Å². The summed E-state index contributed by atoms with van der Waals surface area (Å²) in [6.45, 7) is 9.23. The van der Waals surface area contributed by atoms with Crippen molar-refractivity contribution in [2.75, 3.05) is 26.2 Å². The zero-order chi connectivity index (χ0) is 10.3. The SMILES string of the molecule is CCNCCCNCC1(C)CCCC1. The van der Waals surface area contributed by atoms with Crippen LogP contribution in [0.2, 0.25) is 0 Å². The van der Waals surface area contributed by atoms with Crippen LogP contribution in [0.15, 0.2) is 0 Å². The summed E-state index contributed by atoms with van der Waals surface area (Å²) in [6.07, 6.45) is 6.98. The molecule has 0 heterocycles. The van der Waals surface area contributed by atoms with Crippen LogP contribution < -0.4 is 10.6 Å². The van der Waals surface area contributed by atoms with Crippen LogP contribution in [0.25, 0.3) is 0 Å². The molecule has 2 nitrogen and oxygen atoms in total. The zero-order valence-corrected chi connectivity index (χ0v) is 9.86. The first-order valence-electron chi connectivity index (χ1n) is 6.18. The second kappa shape index (κ2) is 6.41. The monoisotopic (exact) mass is 198 g/mol. The van der Waals surface area contributed by atoms with Crippen LogP contribution in [0.1, 0.15) is 46.0 Å². The van der Waals surface area contributed by atoms with Gasteiger partial charge in [0, 0.05) is 6.54 Å². The lowest BCUT2D eigenvalue weighted by atomic mass is 9.89. The highest BCUT2D eigenvalue weighted by atomic mass is 14.9. The van der Waals surface area contributed by atoms with E-state index < -0.39 is 0 Å². The van der Waals surface area contributed by atoms with E-state index in [0.29, 0.717) is 5.41 Å². The van der Waals surface area contributed by atoms with Crippen molar-refractivity contribution in [3.05, 3.63) is 0 Å². The molecule has 0 unspecified atom stereocenters. The second-order valence-corrected chi connectivity index (χ2v) is 4.90. The first-order valence-corrected chi connectivity index (χ1v) is 6.18. The van der Waals surface area contributed by atoms with E-state index in [1.54, 1.807) is 0 Å². The fraction of sp³-hybridized carbons (Fsp3) is 1.00. The molecule has 0 saturated heterocycles. The summed E-state index contributed by atoms with van der Waals surface area (Å²) >= 11 is 0. The van der Waals surface area contributed by atoms with Gasteiger partial charge in [-0.3, -0.25) is 0 Å². The Morgan fingerprint density at radius 2 is 1.71 bits per heavy atom. The Balaban J connectivity index is 1.92. The Bertz CT molecular complexity index is 139. The van der Waals surface area contributed by atoms with E-state index in [9.17, 15) is 0 Å². The molecule has 0 aliphatic heterocycles. The molecule has 1 aliphatic rings. The summed E-state index contributed by atoms with van der Waals surface area (Å²) in [7, 11) is 0. The van der Waals surface area contributed by atoms with Gasteiger partial charge in [-0.2, -0.15) is 0 Å². The Kier molecular flexibility index (Phi) is 5.49. The van der Waals surface area contributed by atoms with Gasteiger partial charge in [0.05, 0.1) is 0 Å². The molecule has 2 heteroatoms. The standard InChI is InChI=1S/C12H26N2/c1-3-13-9-6-10-14-11-12(2)7-4-5-8-12/h13-14H,3-11H2,1-2H3.